The van der Waals surface area contributed by atoms with Gasteiger partial charge in [0.25, 0.3) is 5.69 Å². The molecule has 2 aromatic rings. The summed E-state index contributed by atoms with van der Waals surface area (Å²) in [6.45, 7) is 2.36. The first-order valence-corrected chi connectivity index (χ1v) is 8.33. The van der Waals surface area contributed by atoms with Gasteiger partial charge in [-0.05, 0) is 24.1 Å². The van der Waals surface area contributed by atoms with Gasteiger partial charge in [-0.3, -0.25) is 15.1 Å². The predicted octanol–water partition coefficient (Wildman–Crippen LogP) is 2.88. The highest BCUT2D eigenvalue weighted by Gasteiger charge is 2.04. The lowest BCUT2D eigenvalue weighted by atomic mass is 10.2. The minimum Gasteiger partial charge on any atom is -0.385 e. The van der Waals surface area contributed by atoms with Crippen molar-refractivity contribution >= 4 is 35.6 Å². The van der Waals surface area contributed by atoms with Gasteiger partial charge in [0.15, 0.2) is 5.96 Å². The minimum atomic E-state index is -0.412. The molecular weight excluding hydrogens is 461 g/mol. The van der Waals surface area contributed by atoms with Crippen LogP contribution in [0.15, 0.2) is 53.7 Å². The smallest absolute Gasteiger partial charge is 0.269 e. The topological polar surface area (TPSA) is 102 Å². The van der Waals surface area contributed by atoms with E-state index in [1.807, 2.05) is 18.2 Å². The number of rotatable bonds is 9. The first-order valence-electron chi connectivity index (χ1n) is 8.33. The van der Waals surface area contributed by atoms with E-state index < -0.39 is 4.92 Å². The predicted molar refractivity (Wildman–Crippen MR) is 115 cm³/mol. The number of hydrogen-bond donors (Lipinski definition) is 2. The molecule has 2 rings (SSSR count). The Kier molecular flexibility index (Phi) is 10.9. The maximum Gasteiger partial charge on any atom is 0.269 e. The molecule has 0 aliphatic carbocycles. The lowest BCUT2D eigenvalue weighted by Gasteiger charge is -2.12. The zero-order valence-corrected chi connectivity index (χ0v) is 17.5. The number of nitro groups is 1. The second-order valence-corrected chi connectivity index (χ2v) is 5.54. The number of benzene rings is 1. The van der Waals surface area contributed by atoms with E-state index in [0.717, 1.165) is 24.2 Å². The van der Waals surface area contributed by atoms with Crippen LogP contribution in [0.25, 0.3) is 0 Å². The zero-order chi connectivity index (χ0) is 18.6. The average Bonchev–Trinajstić information content (AvgIpc) is 2.67. The molecule has 0 atom stereocenters. The number of pyridine rings is 1. The highest BCUT2D eigenvalue weighted by atomic mass is 127. The van der Waals surface area contributed by atoms with Gasteiger partial charge in [-0.1, -0.05) is 18.2 Å². The van der Waals surface area contributed by atoms with E-state index in [0.29, 0.717) is 25.7 Å². The highest BCUT2D eigenvalue weighted by molar-refractivity contribution is 14.0. The monoisotopic (exact) mass is 485 g/mol. The molecule has 0 saturated carbocycles. The van der Waals surface area contributed by atoms with E-state index in [1.54, 1.807) is 25.4 Å². The first-order chi connectivity index (χ1) is 12.7. The quantitative estimate of drug-likeness (QED) is 0.142. The van der Waals surface area contributed by atoms with Gasteiger partial charge in [-0.15, -0.1) is 24.0 Å². The van der Waals surface area contributed by atoms with Gasteiger partial charge in [-0.25, -0.2) is 4.99 Å². The number of nitrogens with zero attached hydrogens (tertiary/aromatic N) is 3. The number of methoxy groups -OCH3 is 1. The molecule has 0 aliphatic heterocycles. The Morgan fingerprint density at radius 2 is 2.00 bits per heavy atom. The minimum absolute atomic E-state index is 0. The zero-order valence-electron chi connectivity index (χ0n) is 15.1. The maximum absolute atomic E-state index is 10.7. The Bertz CT molecular complexity index is 711. The number of nitrogens with one attached hydrogen (secondary N) is 2. The number of halogens is 1. The third kappa shape index (κ3) is 8.78. The van der Waals surface area contributed by atoms with Crippen LogP contribution in [0.3, 0.4) is 0 Å². The third-order valence-corrected chi connectivity index (χ3v) is 3.55. The second kappa shape index (κ2) is 13.0. The Hall–Kier alpha value is -2.27. The maximum atomic E-state index is 10.7. The number of aliphatic imine (C=N–C) groups is 1. The van der Waals surface area contributed by atoms with Crippen LogP contribution in [0.2, 0.25) is 0 Å². The molecule has 8 nitrogen and oxygen atoms in total. The van der Waals surface area contributed by atoms with Crippen LogP contribution in [-0.4, -0.2) is 36.1 Å². The molecule has 2 N–H and O–H groups in total. The summed E-state index contributed by atoms with van der Waals surface area (Å²) in [7, 11) is 1.67. The van der Waals surface area contributed by atoms with Gasteiger partial charge in [0.2, 0.25) is 0 Å². The normalized spacial score (nSPS) is 10.8. The molecular formula is C18H24IN5O3. The highest BCUT2D eigenvalue weighted by Crippen LogP contribution is 2.12. The fraction of sp³-hybridized carbons (Fsp3) is 0.333. The molecule has 0 amide bonds. The summed E-state index contributed by atoms with van der Waals surface area (Å²) < 4.78 is 5.05. The number of hydrogen-bond acceptors (Lipinski definition) is 5. The Balaban J connectivity index is 0.00000364. The molecule has 1 aromatic heterocycles. The van der Waals surface area contributed by atoms with Gasteiger partial charge in [0.1, 0.15) is 0 Å². The van der Waals surface area contributed by atoms with Crippen molar-refractivity contribution in [2.75, 3.05) is 20.3 Å². The molecule has 27 heavy (non-hydrogen) atoms. The summed E-state index contributed by atoms with van der Waals surface area (Å²) in [5.74, 6) is 0.658. The van der Waals surface area contributed by atoms with E-state index in [9.17, 15) is 10.1 Å². The van der Waals surface area contributed by atoms with Crippen molar-refractivity contribution in [2.45, 2.75) is 19.5 Å². The van der Waals surface area contributed by atoms with Crippen LogP contribution in [-0.2, 0) is 17.8 Å². The fourth-order valence-electron chi connectivity index (χ4n) is 2.17. The van der Waals surface area contributed by atoms with Gasteiger partial charge in [-0.2, -0.15) is 0 Å². The Labute approximate surface area is 175 Å². The van der Waals surface area contributed by atoms with Crippen LogP contribution in [0.1, 0.15) is 17.7 Å². The number of non-ortho nitro benzene ring substituents is 1. The van der Waals surface area contributed by atoms with Crippen LogP contribution < -0.4 is 10.6 Å². The Morgan fingerprint density at radius 1 is 1.22 bits per heavy atom. The molecule has 0 unspecified atom stereocenters. The van der Waals surface area contributed by atoms with Gasteiger partial charge in [0, 0.05) is 38.6 Å². The van der Waals surface area contributed by atoms with Crippen molar-refractivity contribution in [1.29, 1.82) is 0 Å². The van der Waals surface area contributed by atoms with Gasteiger partial charge in [0.05, 0.1) is 23.7 Å². The number of ether oxygens (including phenoxy) is 1. The number of guanidine groups is 1. The molecule has 0 bridgehead atoms. The van der Waals surface area contributed by atoms with Crippen LogP contribution in [0.5, 0.6) is 0 Å². The summed E-state index contributed by atoms with van der Waals surface area (Å²) in [4.78, 5) is 19.1. The summed E-state index contributed by atoms with van der Waals surface area (Å²) in [5.41, 5.74) is 1.88. The standard InChI is InChI=1S/C18H23N5O3.HI/c1-26-12-4-11-20-18(22-14-16-5-2-3-10-19-16)21-13-15-6-8-17(9-7-15)23(24)25;/h2-3,5-10H,4,11-14H2,1H3,(H2,20,21,22);1H. The molecule has 1 heterocycles. The summed E-state index contributed by atoms with van der Waals surface area (Å²) >= 11 is 0. The molecule has 146 valence electrons. The van der Waals surface area contributed by atoms with Crippen molar-refractivity contribution in [2.24, 2.45) is 4.99 Å². The van der Waals surface area contributed by atoms with Crippen molar-refractivity contribution in [3.8, 4) is 0 Å². The van der Waals surface area contributed by atoms with Crippen LogP contribution in [0, 0.1) is 10.1 Å². The molecule has 1 aromatic carbocycles. The van der Waals surface area contributed by atoms with E-state index in [2.05, 4.69) is 20.6 Å². The molecule has 0 saturated heterocycles. The Morgan fingerprint density at radius 3 is 2.63 bits per heavy atom. The van der Waals surface area contributed by atoms with E-state index in [1.165, 1.54) is 12.1 Å². The summed E-state index contributed by atoms with van der Waals surface area (Å²) in [6.07, 6.45) is 2.61. The summed E-state index contributed by atoms with van der Waals surface area (Å²) in [5, 5.41) is 17.2. The SMILES string of the molecule is COCCCNC(=NCc1ccc([N+](=O)[O-])cc1)NCc1ccccn1.I. The van der Waals surface area contributed by atoms with E-state index in [4.69, 9.17) is 4.74 Å². The molecule has 9 heteroatoms. The number of nitro benzene ring substituents is 1. The van der Waals surface area contributed by atoms with Crippen molar-refractivity contribution in [1.82, 2.24) is 15.6 Å². The lowest BCUT2D eigenvalue weighted by molar-refractivity contribution is -0.384. The lowest BCUT2D eigenvalue weighted by Crippen LogP contribution is -2.38. The van der Waals surface area contributed by atoms with E-state index >= 15 is 0 Å². The van der Waals surface area contributed by atoms with Crippen molar-refractivity contribution in [3.63, 3.8) is 0 Å². The second-order valence-electron chi connectivity index (χ2n) is 5.54. The molecule has 0 fully saturated rings. The van der Waals surface area contributed by atoms with Crippen LogP contribution in [0.4, 0.5) is 5.69 Å². The third-order valence-electron chi connectivity index (χ3n) is 3.55. The van der Waals surface area contributed by atoms with Crippen molar-refractivity contribution in [3.05, 3.63) is 70.0 Å². The van der Waals surface area contributed by atoms with Gasteiger partial charge < -0.3 is 15.4 Å². The molecule has 0 spiro atoms. The number of aromatic nitrogens is 1. The molecule has 0 aliphatic rings. The first kappa shape index (κ1) is 22.8. The summed E-state index contributed by atoms with van der Waals surface area (Å²) in [6, 6.07) is 12.1. The van der Waals surface area contributed by atoms with Gasteiger partial charge >= 0.3 is 0 Å². The fourth-order valence-corrected chi connectivity index (χ4v) is 2.17. The largest absolute Gasteiger partial charge is 0.385 e. The van der Waals surface area contributed by atoms with E-state index in [-0.39, 0.29) is 29.7 Å². The van der Waals surface area contributed by atoms with Crippen LogP contribution >= 0.6 is 24.0 Å². The average molecular weight is 485 g/mol. The van der Waals surface area contributed by atoms with Crippen molar-refractivity contribution < 1.29 is 9.66 Å². The molecule has 0 radical (unpaired) electrons.